The molecule has 0 fully saturated rings. The van der Waals surface area contributed by atoms with E-state index in [1.807, 2.05) is 6.92 Å². The van der Waals surface area contributed by atoms with Crippen LogP contribution in [0.1, 0.15) is 31.7 Å². The van der Waals surface area contributed by atoms with Gasteiger partial charge in [-0.1, -0.05) is 38.0 Å². The second-order valence-corrected chi connectivity index (χ2v) is 4.69. The van der Waals surface area contributed by atoms with E-state index in [0.29, 0.717) is 23.0 Å². The quantitative estimate of drug-likeness (QED) is 0.241. The number of carbonyl (C=O) groups excluding carboxylic acids is 2. The SMILES string of the molecule is CCCCCOC(=O)C(=O)N(OC)Oc1ccccc1CCl. The summed E-state index contributed by atoms with van der Waals surface area (Å²) in [5.41, 5.74) is 0.662. The molecule has 0 spiro atoms. The highest BCUT2D eigenvalue weighted by Crippen LogP contribution is 2.21. The maximum absolute atomic E-state index is 11.9. The first kappa shape index (κ1) is 18.3. The Balaban J connectivity index is 2.62. The van der Waals surface area contributed by atoms with Crippen LogP contribution in [-0.2, 0) is 25.0 Å². The van der Waals surface area contributed by atoms with Crippen LogP contribution >= 0.6 is 11.6 Å². The van der Waals surface area contributed by atoms with Gasteiger partial charge in [-0.3, -0.25) is 4.79 Å². The van der Waals surface area contributed by atoms with E-state index < -0.39 is 11.9 Å². The number of para-hydroxylation sites is 1. The number of rotatable bonds is 8. The van der Waals surface area contributed by atoms with Crippen LogP contribution in [0, 0.1) is 0 Å². The van der Waals surface area contributed by atoms with Crippen molar-refractivity contribution < 1.29 is 24.0 Å². The van der Waals surface area contributed by atoms with Crippen molar-refractivity contribution in [2.45, 2.75) is 32.1 Å². The molecule has 6 nitrogen and oxygen atoms in total. The number of hydrogen-bond acceptors (Lipinski definition) is 5. The average Bonchev–Trinajstić information content (AvgIpc) is 2.56. The number of esters is 1. The van der Waals surface area contributed by atoms with E-state index in [0.717, 1.165) is 12.8 Å². The molecule has 122 valence electrons. The molecule has 1 rings (SSSR count). The van der Waals surface area contributed by atoms with E-state index >= 15 is 0 Å². The lowest BCUT2D eigenvalue weighted by Crippen LogP contribution is -2.39. The molecule has 0 bridgehead atoms. The van der Waals surface area contributed by atoms with E-state index in [4.69, 9.17) is 26.0 Å². The summed E-state index contributed by atoms with van der Waals surface area (Å²) < 4.78 is 4.87. The normalized spacial score (nSPS) is 10.1. The van der Waals surface area contributed by atoms with E-state index in [9.17, 15) is 9.59 Å². The van der Waals surface area contributed by atoms with Crippen LogP contribution in [0.2, 0.25) is 0 Å². The third-order valence-corrected chi connectivity index (χ3v) is 3.07. The first-order valence-corrected chi connectivity index (χ1v) is 7.54. The Hall–Kier alpha value is -1.79. The van der Waals surface area contributed by atoms with Crippen molar-refractivity contribution in [1.82, 2.24) is 5.23 Å². The number of hydroxylamine groups is 2. The van der Waals surface area contributed by atoms with Gasteiger partial charge in [0.2, 0.25) is 0 Å². The summed E-state index contributed by atoms with van der Waals surface area (Å²) in [4.78, 5) is 33.6. The number of nitrogens with zero attached hydrogens (tertiary/aromatic N) is 1. The Labute approximate surface area is 134 Å². The number of halogens is 1. The number of carbonyl (C=O) groups is 2. The Kier molecular flexibility index (Phi) is 8.32. The molecule has 0 unspecified atom stereocenters. The highest BCUT2D eigenvalue weighted by Gasteiger charge is 2.26. The van der Waals surface area contributed by atoms with Gasteiger partial charge in [0, 0.05) is 5.56 Å². The Bertz CT molecular complexity index is 495. The van der Waals surface area contributed by atoms with Crippen molar-refractivity contribution in [2.75, 3.05) is 13.7 Å². The molecule has 0 saturated heterocycles. The zero-order valence-electron chi connectivity index (χ0n) is 12.7. The van der Waals surface area contributed by atoms with Crippen molar-refractivity contribution >= 4 is 23.5 Å². The lowest BCUT2D eigenvalue weighted by atomic mass is 10.2. The van der Waals surface area contributed by atoms with Crippen LogP contribution in [0.25, 0.3) is 0 Å². The Morgan fingerprint density at radius 2 is 1.95 bits per heavy atom. The van der Waals surface area contributed by atoms with Crippen LogP contribution in [0.3, 0.4) is 0 Å². The predicted octanol–water partition coefficient (Wildman–Crippen LogP) is 2.84. The second-order valence-electron chi connectivity index (χ2n) is 4.42. The zero-order valence-corrected chi connectivity index (χ0v) is 13.5. The van der Waals surface area contributed by atoms with E-state index in [1.54, 1.807) is 24.3 Å². The molecule has 7 heteroatoms. The lowest BCUT2D eigenvalue weighted by molar-refractivity contribution is -0.281. The van der Waals surface area contributed by atoms with E-state index in [1.165, 1.54) is 7.11 Å². The van der Waals surface area contributed by atoms with Crippen molar-refractivity contribution in [3.8, 4) is 5.75 Å². The number of hydrogen-bond donors (Lipinski definition) is 0. The van der Waals surface area contributed by atoms with E-state index in [-0.39, 0.29) is 12.5 Å². The van der Waals surface area contributed by atoms with Gasteiger partial charge in [-0.15, -0.1) is 11.6 Å². The van der Waals surface area contributed by atoms with Crippen LogP contribution in [-0.4, -0.2) is 30.8 Å². The van der Waals surface area contributed by atoms with Crippen LogP contribution in [0.15, 0.2) is 24.3 Å². The van der Waals surface area contributed by atoms with Crippen molar-refractivity contribution in [1.29, 1.82) is 0 Å². The summed E-state index contributed by atoms with van der Waals surface area (Å²) in [5.74, 6) is -1.54. The average molecular weight is 330 g/mol. The second kappa shape index (κ2) is 10.0. The minimum Gasteiger partial charge on any atom is -0.458 e. The fraction of sp³-hybridized carbons (Fsp3) is 0.467. The van der Waals surface area contributed by atoms with Gasteiger partial charge in [0.25, 0.3) is 0 Å². The largest absolute Gasteiger partial charge is 0.458 e. The molecule has 1 aromatic carbocycles. The highest BCUT2D eigenvalue weighted by molar-refractivity contribution is 6.31. The van der Waals surface area contributed by atoms with Gasteiger partial charge in [-0.05, 0) is 17.7 Å². The Morgan fingerprint density at radius 1 is 1.23 bits per heavy atom. The summed E-state index contributed by atoms with van der Waals surface area (Å²) in [6.07, 6.45) is 2.63. The van der Waals surface area contributed by atoms with Gasteiger partial charge in [0.15, 0.2) is 5.75 Å². The van der Waals surface area contributed by atoms with Gasteiger partial charge in [0.1, 0.15) is 0 Å². The molecule has 0 aliphatic rings. The molecule has 0 heterocycles. The van der Waals surface area contributed by atoms with Gasteiger partial charge in [0.05, 0.1) is 19.6 Å². The molecule has 0 aliphatic heterocycles. The molecule has 1 aromatic rings. The highest BCUT2D eigenvalue weighted by atomic mass is 35.5. The number of unbranched alkanes of at least 4 members (excludes halogenated alkanes) is 2. The first-order valence-electron chi connectivity index (χ1n) is 7.01. The summed E-state index contributed by atoms with van der Waals surface area (Å²) >= 11 is 5.78. The number of alkyl halides is 1. The van der Waals surface area contributed by atoms with Crippen LogP contribution in [0.4, 0.5) is 0 Å². The third kappa shape index (κ3) is 5.54. The van der Waals surface area contributed by atoms with Crippen molar-refractivity contribution in [3.05, 3.63) is 29.8 Å². The monoisotopic (exact) mass is 329 g/mol. The fourth-order valence-electron chi connectivity index (χ4n) is 1.61. The molecular formula is C15H20ClNO5. The molecule has 22 heavy (non-hydrogen) atoms. The van der Waals surface area contributed by atoms with Crippen molar-refractivity contribution in [2.24, 2.45) is 0 Å². The smallest absolute Gasteiger partial charge is 0.402 e. The van der Waals surface area contributed by atoms with Gasteiger partial charge in [-0.25, -0.2) is 9.63 Å². The number of ether oxygens (including phenoxy) is 1. The summed E-state index contributed by atoms with van der Waals surface area (Å²) in [5, 5.41) is 0.480. The van der Waals surface area contributed by atoms with Crippen LogP contribution < -0.4 is 4.84 Å². The fourth-order valence-corrected chi connectivity index (χ4v) is 1.83. The van der Waals surface area contributed by atoms with E-state index in [2.05, 4.69) is 0 Å². The molecule has 0 radical (unpaired) electrons. The minimum atomic E-state index is -1.04. The predicted molar refractivity (Wildman–Crippen MR) is 81.0 cm³/mol. The van der Waals surface area contributed by atoms with Gasteiger partial charge in [-0.2, -0.15) is 0 Å². The standard InChI is InChI=1S/C15H20ClNO5/c1-3-4-7-10-21-15(19)14(18)17(20-2)22-13-9-6-5-8-12(13)11-16/h5-6,8-9H,3-4,7,10-11H2,1-2H3. The summed E-state index contributed by atoms with van der Waals surface area (Å²) in [6, 6.07) is 6.85. The van der Waals surface area contributed by atoms with Gasteiger partial charge < -0.3 is 9.57 Å². The molecule has 1 amide bonds. The lowest BCUT2D eigenvalue weighted by Gasteiger charge is -2.19. The molecule has 0 aromatic heterocycles. The maximum Gasteiger partial charge on any atom is 0.402 e. The van der Waals surface area contributed by atoms with Crippen molar-refractivity contribution in [3.63, 3.8) is 0 Å². The molecule has 0 saturated carbocycles. The van der Waals surface area contributed by atoms with Gasteiger partial charge >= 0.3 is 11.9 Å². The molecular weight excluding hydrogens is 310 g/mol. The topological polar surface area (TPSA) is 65.1 Å². The maximum atomic E-state index is 11.9. The molecule has 0 aliphatic carbocycles. The Morgan fingerprint density at radius 3 is 2.59 bits per heavy atom. The van der Waals surface area contributed by atoms with Crippen LogP contribution in [0.5, 0.6) is 5.75 Å². The summed E-state index contributed by atoms with van der Waals surface area (Å²) in [6.45, 7) is 2.22. The molecule has 0 N–H and O–H groups in total. The number of benzene rings is 1. The third-order valence-electron chi connectivity index (χ3n) is 2.79. The summed E-state index contributed by atoms with van der Waals surface area (Å²) in [7, 11) is 1.21. The molecule has 0 atom stereocenters. The number of amides is 1. The zero-order chi connectivity index (χ0) is 16.4. The first-order chi connectivity index (χ1) is 10.6. The minimum absolute atomic E-state index is 0.189.